The first kappa shape index (κ1) is 10.2. The smallest absolute Gasteiger partial charge is 0.323 e. The van der Waals surface area contributed by atoms with Crippen LogP contribution in [0.15, 0.2) is 36.8 Å². The number of carbonyl (C=O) groups excluding carboxylic acids is 1. The molecule has 2 aromatic rings. The summed E-state index contributed by atoms with van der Waals surface area (Å²) in [4.78, 5) is 18.4. The number of imidazole rings is 1. The molecule has 0 radical (unpaired) electrons. The van der Waals surface area contributed by atoms with E-state index in [0.717, 1.165) is 16.7 Å². The van der Waals surface area contributed by atoms with Gasteiger partial charge in [-0.1, -0.05) is 6.08 Å². The Labute approximate surface area is 92.6 Å². The molecule has 0 atom stereocenters. The summed E-state index contributed by atoms with van der Waals surface area (Å²) in [7, 11) is 0. The van der Waals surface area contributed by atoms with Crippen LogP contribution in [0.25, 0.3) is 11.0 Å². The highest BCUT2D eigenvalue weighted by molar-refractivity contribution is 5.92. The predicted octanol–water partition coefficient (Wildman–Crippen LogP) is 2.22. The fourth-order valence-corrected chi connectivity index (χ4v) is 1.34. The Bertz CT molecular complexity index is 530. The standard InChI is InChI=1S/C11H12N4O/c1-2-5-12-11(16)15-8-3-4-9-10(6-8)14-7-13-9/h2-7H,1H3,(H,13,14)(H2,12,15,16)/b5-2+. The zero-order chi connectivity index (χ0) is 11.4. The number of carbonyl (C=O) groups is 1. The van der Waals surface area contributed by atoms with E-state index in [1.807, 2.05) is 19.1 Å². The Balaban J connectivity index is 2.11. The maximum Gasteiger partial charge on any atom is 0.323 e. The zero-order valence-electron chi connectivity index (χ0n) is 8.82. The van der Waals surface area contributed by atoms with Crippen LogP contribution >= 0.6 is 0 Å². The van der Waals surface area contributed by atoms with E-state index in [0.29, 0.717) is 0 Å². The number of aromatic nitrogens is 2. The van der Waals surface area contributed by atoms with E-state index in [1.165, 1.54) is 0 Å². The minimum absolute atomic E-state index is 0.267. The summed E-state index contributed by atoms with van der Waals surface area (Å²) in [6, 6.07) is 5.21. The topological polar surface area (TPSA) is 69.8 Å². The lowest BCUT2D eigenvalue weighted by Crippen LogP contribution is -2.23. The molecule has 0 aliphatic carbocycles. The fraction of sp³-hybridized carbons (Fsp3) is 0.0909. The SMILES string of the molecule is C/C=C/NC(=O)Nc1ccc2nc[nH]c2c1. The van der Waals surface area contributed by atoms with Gasteiger partial charge in [0.2, 0.25) is 0 Å². The van der Waals surface area contributed by atoms with Crippen molar-refractivity contribution in [1.29, 1.82) is 0 Å². The van der Waals surface area contributed by atoms with Gasteiger partial charge in [-0.3, -0.25) is 0 Å². The van der Waals surface area contributed by atoms with Crippen molar-refractivity contribution >= 4 is 22.8 Å². The van der Waals surface area contributed by atoms with Gasteiger partial charge >= 0.3 is 6.03 Å². The number of fused-ring (bicyclic) bond motifs is 1. The van der Waals surface area contributed by atoms with Gasteiger partial charge in [0.1, 0.15) is 0 Å². The number of H-pyrrole nitrogens is 1. The largest absolute Gasteiger partial charge is 0.345 e. The van der Waals surface area contributed by atoms with E-state index in [-0.39, 0.29) is 6.03 Å². The number of hydrogen-bond acceptors (Lipinski definition) is 2. The summed E-state index contributed by atoms with van der Waals surface area (Å²) in [6.07, 6.45) is 4.94. The molecule has 82 valence electrons. The molecule has 5 nitrogen and oxygen atoms in total. The van der Waals surface area contributed by atoms with Crippen molar-refractivity contribution in [1.82, 2.24) is 15.3 Å². The van der Waals surface area contributed by atoms with Crippen molar-refractivity contribution in [2.24, 2.45) is 0 Å². The van der Waals surface area contributed by atoms with E-state index in [9.17, 15) is 4.79 Å². The van der Waals surface area contributed by atoms with Crippen LogP contribution in [-0.4, -0.2) is 16.0 Å². The van der Waals surface area contributed by atoms with Crippen molar-refractivity contribution in [3.8, 4) is 0 Å². The van der Waals surface area contributed by atoms with Gasteiger partial charge in [-0.05, 0) is 25.1 Å². The van der Waals surface area contributed by atoms with Crippen LogP contribution in [-0.2, 0) is 0 Å². The van der Waals surface area contributed by atoms with Crippen molar-refractivity contribution in [2.45, 2.75) is 6.92 Å². The number of hydrogen-bond donors (Lipinski definition) is 3. The molecule has 2 rings (SSSR count). The molecule has 1 heterocycles. The number of nitrogens with one attached hydrogen (secondary N) is 3. The molecule has 2 amide bonds. The molecule has 1 aromatic carbocycles. The first-order chi connectivity index (χ1) is 7.79. The minimum atomic E-state index is -0.267. The second-order valence-corrected chi connectivity index (χ2v) is 3.23. The maximum absolute atomic E-state index is 11.3. The Morgan fingerprint density at radius 2 is 2.38 bits per heavy atom. The van der Waals surface area contributed by atoms with Crippen LogP contribution in [0.3, 0.4) is 0 Å². The molecular formula is C11H12N4O. The number of urea groups is 1. The lowest BCUT2D eigenvalue weighted by atomic mass is 10.3. The molecule has 0 fully saturated rings. The minimum Gasteiger partial charge on any atom is -0.345 e. The Kier molecular flexibility index (Phi) is 2.86. The molecule has 0 aliphatic rings. The second kappa shape index (κ2) is 4.48. The van der Waals surface area contributed by atoms with Gasteiger partial charge in [0.25, 0.3) is 0 Å². The van der Waals surface area contributed by atoms with Gasteiger partial charge in [-0.2, -0.15) is 0 Å². The van der Waals surface area contributed by atoms with Crippen molar-refractivity contribution in [2.75, 3.05) is 5.32 Å². The highest BCUT2D eigenvalue weighted by Crippen LogP contribution is 2.15. The van der Waals surface area contributed by atoms with Gasteiger partial charge in [-0.25, -0.2) is 9.78 Å². The molecule has 0 spiro atoms. The summed E-state index contributed by atoms with van der Waals surface area (Å²) < 4.78 is 0. The number of nitrogens with zero attached hydrogens (tertiary/aromatic N) is 1. The van der Waals surface area contributed by atoms with E-state index in [4.69, 9.17) is 0 Å². The molecule has 3 N–H and O–H groups in total. The molecule has 16 heavy (non-hydrogen) atoms. The molecule has 0 saturated carbocycles. The van der Waals surface area contributed by atoms with Crippen LogP contribution < -0.4 is 10.6 Å². The first-order valence-corrected chi connectivity index (χ1v) is 4.91. The Morgan fingerprint density at radius 1 is 1.50 bits per heavy atom. The number of anilines is 1. The lowest BCUT2D eigenvalue weighted by Gasteiger charge is -2.03. The Morgan fingerprint density at radius 3 is 3.19 bits per heavy atom. The van der Waals surface area contributed by atoms with Crippen molar-refractivity contribution in [3.05, 3.63) is 36.8 Å². The number of allylic oxidation sites excluding steroid dienone is 1. The van der Waals surface area contributed by atoms with Gasteiger partial charge in [0.15, 0.2) is 0 Å². The summed E-state index contributed by atoms with van der Waals surface area (Å²) in [5.74, 6) is 0. The predicted molar refractivity (Wildman–Crippen MR) is 63.1 cm³/mol. The first-order valence-electron chi connectivity index (χ1n) is 4.91. The highest BCUT2D eigenvalue weighted by Gasteiger charge is 2.01. The van der Waals surface area contributed by atoms with Crippen molar-refractivity contribution in [3.63, 3.8) is 0 Å². The third kappa shape index (κ3) is 2.20. The lowest BCUT2D eigenvalue weighted by molar-refractivity contribution is 0.255. The number of amides is 2. The van der Waals surface area contributed by atoms with E-state index in [1.54, 1.807) is 24.7 Å². The number of benzene rings is 1. The van der Waals surface area contributed by atoms with Gasteiger partial charge in [0, 0.05) is 11.9 Å². The van der Waals surface area contributed by atoms with E-state index < -0.39 is 0 Å². The molecule has 5 heteroatoms. The zero-order valence-corrected chi connectivity index (χ0v) is 8.82. The average molecular weight is 216 g/mol. The molecule has 0 bridgehead atoms. The highest BCUT2D eigenvalue weighted by atomic mass is 16.2. The van der Waals surface area contributed by atoms with Crippen LogP contribution in [0.2, 0.25) is 0 Å². The Hall–Kier alpha value is -2.30. The molecule has 0 unspecified atom stereocenters. The van der Waals surface area contributed by atoms with Crippen molar-refractivity contribution < 1.29 is 4.79 Å². The monoisotopic (exact) mass is 216 g/mol. The van der Waals surface area contributed by atoms with Gasteiger partial charge < -0.3 is 15.6 Å². The maximum atomic E-state index is 11.3. The van der Waals surface area contributed by atoms with Crippen LogP contribution in [0, 0.1) is 0 Å². The molecular weight excluding hydrogens is 204 g/mol. The molecule has 0 saturated heterocycles. The summed E-state index contributed by atoms with van der Waals surface area (Å²) in [5.41, 5.74) is 2.49. The summed E-state index contributed by atoms with van der Waals surface area (Å²) >= 11 is 0. The normalized spacial score (nSPS) is 10.8. The quantitative estimate of drug-likeness (QED) is 0.720. The summed E-state index contributed by atoms with van der Waals surface area (Å²) in [6.45, 7) is 1.83. The average Bonchev–Trinajstić information content (AvgIpc) is 2.73. The number of aromatic amines is 1. The van der Waals surface area contributed by atoms with E-state index >= 15 is 0 Å². The summed E-state index contributed by atoms with van der Waals surface area (Å²) in [5, 5.41) is 5.28. The third-order valence-corrected chi connectivity index (χ3v) is 2.06. The fourth-order valence-electron chi connectivity index (χ4n) is 1.34. The molecule has 0 aliphatic heterocycles. The van der Waals surface area contributed by atoms with Gasteiger partial charge in [0.05, 0.1) is 17.4 Å². The van der Waals surface area contributed by atoms with Crippen LogP contribution in [0.5, 0.6) is 0 Å². The van der Waals surface area contributed by atoms with Crippen LogP contribution in [0.4, 0.5) is 10.5 Å². The third-order valence-electron chi connectivity index (χ3n) is 2.06. The number of rotatable bonds is 2. The van der Waals surface area contributed by atoms with Gasteiger partial charge in [-0.15, -0.1) is 0 Å². The molecule has 1 aromatic heterocycles. The second-order valence-electron chi connectivity index (χ2n) is 3.23. The van der Waals surface area contributed by atoms with E-state index in [2.05, 4.69) is 20.6 Å². The van der Waals surface area contributed by atoms with Crippen LogP contribution in [0.1, 0.15) is 6.92 Å².